The Morgan fingerprint density at radius 3 is 2.25 bits per heavy atom. The summed E-state index contributed by atoms with van der Waals surface area (Å²) in [5.41, 5.74) is 8.48. The average molecular weight is 527 g/mol. The number of amides is 2. The maximum atomic E-state index is 12.8. The Labute approximate surface area is 213 Å². The Morgan fingerprint density at radius 2 is 1.64 bits per heavy atom. The van der Waals surface area contributed by atoms with Gasteiger partial charge in [0.25, 0.3) is 10.0 Å². The molecule has 188 valence electrons. The van der Waals surface area contributed by atoms with Gasteiger partial charge in [0.15, 0.2) is 0 Å². The van der Waals surface area contributed by atoms with Crippen LogP contribution in [0.4, 0.5) is 10.8 Å². The normalized spacial score (nSPS) is 11.8. The van der Waals surface area contributed by atoms with Crippen molar-refractivity contribution in [2.24, 2.45) is 5.10 Å². The molecule has 3 aromatic rings. The largest absolute Gasteiger partial charge is 0.326 e. The maximum Gasteiger partial charge on any atom is 0.276 e. The van der Waals surface area contributed by atoms with Crippen LogP contribution in [-0.4, -0.2) is 30.9 Å². The molecule has 0 saturated heterocycles. The smallest absolute Gasteiger partial charge is 0.276 e. The van der Waals surface area contributed by atoms with Gasteiger partial charge in [-0.15, -0.1) is 0 Å². The van der Waals surface area contributed by atoms with Gasteiger partial charge in [0.1, 0.15) is 5.71 Å². The Morgan fingerprint density at radius 1 is 0.972 bits per heavy atom. The standard InChI is InChI=1S/C24H26N6O4S2/c1-15-5-12-21(13-6-15)36(33,34)30-28-22(23-16(2)25-24(35-23)29-27-18(4)32)14-9-19-7-10-20(11-8-19)26-17(3)31/h5-14,30H,1-4H3,(H,25,29)(H,26,31)(H,27,32)/b14-9+,28-22-. The quantitative estimate of drug-likeness (QED) is 0.248. The van der Waals surface area contributed by atoms with Crippen molar-refractivity contribution < 1.29 is 18.0 Å². The molecule has 3 rings (SSSR count). The third-order valence-electron chi connectivity index (χ3n) is 4.66. The van der Waals surface area contributed by atoms with Crippen LogP contribution in [0.2, 0.25) is 0 Å². The molecular formula is C24H26N6O4S2. The number of carbonyl (C=O) groups is 2. The van der Waals surface area contributed by atoms with Crippen LogP contribution in [0.1, 0.15) is 35.5 Å². The van der Waals surface area contributed by atoms with E-state index in [9.17, 15) is 18.0 Å². The molecule has 0 aliphatic heterocycles. The van der Waals surface area contributed by atoms with E-state index in [0.29, 0.717) is 27.1 Å². The Hall–Kier alpha value is -4.03. The summed E-state index contributed by atoms with van der Waals surface area (Å²) in [6.45, 7) is 6.42. The lowest BCUT2D eigenvalue weighted by atomic mass is 10.1. The first-order chi connectivity index (χ1) is 17.0. The lowest BCUT2D eigenvalue weighted by Gasteiger charge is -2.06. The molecule has 4 N–H and O–H groups in total. The number of anilines is 2. The molecule has 1 aromatic heterocycles. The topological polar surface area (TPSA) is 142 Å². The number of benzene rings is 2. The molecule has 2 amide bonds. The maximum absolute atomic E-state index is 12.8. The molecular weight excluding hydrogens is 500 g/mol. The number of hydrogen-bond donors (Lipinski definition) is 4. The van der Waals surface area contributed by atoms with E-state index in [4.69, 9.17) is 0 Å². The van der Waals surface area contributed by atoms with Crippen molar-refractivity contribution in [3.63, 3.8) is 0 Å². The van der Waals surface area contributed by atoms with Crippen LogP contribution in [0.5, 0.6) is 0 Å². The summed E-state index contributed by atoms with van der Waals surface area (Å²) >= 11 is 1.20. The van der Waals surface area contributed by atoms with Crippen molar-refractivity contribution in [1.29, 1.82) is 0 Å². The number of hydrazone groups is 1. The summed E-state index contributed by atoms with van der Waals surface area (Å²) in [7, 11) is -3.91. The van der Waals surface area contributed by atoms with Crippen LogP contribution < -0.4 is 21.0 Å². The Balaban J connectivity index is 1.93. The first kappa shape index (κ1) is 26.6. The Bertz CT molecular complexity index is 1410. The van der Waals surface area contributed by atoms with E-state index in [1.165, 1.54) is 37.3 Å². The lowest BCUT2D eigenvalue weighted by molar-refractivity contribution is -0.118. The number of allylic oxidation sites excluding steroid dienone is 1. The number of aromatic nitrogens is 1. The van der Waals surface area contributed by atoms with Crippen LogP contribution in [0.15, 0.2) is 64.6 Å². The van der Waals surface area contributed by atoms with Crippen LogP contribution in [0.3, 0.4) is 0 Å². The molecule has 10 nitrogen and oxygen atoms in total. The highest BCUT2D eigenvalue weighted by molar-refractivity contribution is 7.89. The summed E-state index contributed by atoms with van der Waals surface area (Å²) in [6.07, 6.45) is 3.42. The number of nitrogens with one attached hydrogen (secondary N) is 4. The number of thiazole rings is 1. The fourth-order valence-corrected chi connectivity index (χ4v) is 4.64. The van der Waals surface area contributed by atoms with Gasteiger partial charge in [0, 0.05) is 19.5 Å². The van der Waals surface area contributed by atoms with Crippen molar-refractivity contribution in [2.75, 3.05) is 10.7 Å². The SMILES string of the molecule is CC(=O)NNc1nc(C)c(C(/C=C/c2ccc(NC(C)=O)cc2)=N\NS(=O)(=O)c2ccc(C)cc2)s1. The number of hydrazine groups is 1. The van der Waals surface area contributed by atoms with Gasteiger partial charge >= 0.3 is 0 Å². The van der Waals surface area contributed by atoms with Crippen molar-refractivity contribution in [3.05, 3.63) is 76.3 Å². The van der Waals surface area contributed by atoms with Gasteiger partial charge in [0.05, 0.1) is 15.5 Å². The number of nitrogens with zero attached hydrogens (tertiary/aromatic N) is 2. The van der Waals surface area contributed by atoms with Gasteiger partial charge in [-0.3, -0.25) is 20.4 Å². The number of rotatable bonds is 9. The zero-order valence-corrected chi connectivity index (χ0v) is 21.8. The van der Waals surface area contributed by atoms with Crippen molar-refractivity contribution in [3.8, 4) is 0 Å². The molecule has 0 spiro atoms. The van der Waals surface area contributed by atoms with E-state index in [1.54, 1.807) is 55.5 Å². The third-order valence-corrected chi connectivity index (χ3v) is 6.98. The predicted octanol–water partition coefficient (Wildman–Crippen LogP) is 3.58. The molecule has 0 fully saturated rings. The second-order valence-electron chi connectivity index (χ2n) is 7.78. The van der Waals surface area contributed by atoms with Crippen LogP contribution in [0.25, 0.3) is 6.08 Å². The van der Waals surface area contributed by atoms with Gasteiger partial charge in [-0.05, 0) is 49.8 Å². The second kappa shape index (κ2) is 11.6. The molecule has 0 atom stereocenters. The summed E-state index contributed by atoms with van der Waals surface area (Å²) in [6, 6.07) is 13.5. The first-order valence-electron chi connectivity index (χ1n) is 10.8. The van der Waals surface area contributed by atoms with E-state index < -0.39 is 10.0 Å². The molecule has 0 unspecified atom stereocenters. The van der Waals surface area contributed by atoms with E-state index in [-0.39, 0.29) is 16.7 Å². The monoisotopic (exact) mass is 526 g/mol. The van der Waals surface area contributed by atoms with E-state index in [2.05, 4.69) is 31.1 Å². The lowest BCUT2D eigenvalue weighted by Crippen LogP contribution is -2.26. The van der Waals surface area contributed by atoms with Crippen molar-refractivity contribution >= 4 is 55.8 Å². The second-order valence-corrected chi connectivity index (χ2v) is 10.4. The van der Waals surface area contributed by atoms with Crippen LogP contribution >= 0.6 is 11.3 Å². The summed E-state index contributed by atoms with van der Waals surface area (Å²) < 4.78 is 25.6. The van der Waals surface area contributed by atoms with Gasteiger partial charge in [-0.2, -0.15) is 18.4 Å². The highest BCUT2D eigenvalue weighted by Gasteiger charge is 2.16. The van der Waals surface area contributed by atoms with Crippen LogP contribution in [-0.2, 0) is 19.6 Å². The first-order valence-corrected chi connectivity index (χ1v) is 13.1. The van der Waals surface area contributed by atoms with E-state index in [1.807, 2.05) is 6.92 Å². The number of carbonyl (C=O) groups excluding carboxylic acids is 2. The number of hydrogen-bond acceptors (Lipinski definition) is 8. The summed E-state index contributed by atoms with van der Waals surface area (Å²) in [5.74, 6) is -0.454. The molecule has 0 bridgehead atoms. The van der Waals surface area contributed by atoms with Gasteiger partial charge in [-0.25, -0.2) is 4.98 Å². The highest BCUT2D eigenvalue weighted by Crippen LogP contribution is 2.24. The molecule has 0 aliphatic rings. The third kappa shape index (κ3) is 7.48. The molecule has 12 heteroatoms. The van der Waals surface area contributed by atoms with Gasteiger partial charge < -0.3 is 5.32 Å². The molecule has 0 saturated carbocycles. The molecule has 2 aromatic carbocycles. The average Bonchev–Trinajstić information content (AvgIpc) is 3.19. The van der Waals surface area contributed by atoms with Crippen LogP contribution in [0, 0.1) is 13.8 Å². The zero-order chi connectivity index (χ0) is 26.3. The fourth-order valence-electron chi connectivity index (χ4n) is 2.93. The summed E-state index contributed by atoms with van der Waals surface area (Å²) in [5, 5.41) is 7.31. The minimum absolute atomic E-state index is 0.0859. The Kier molecular flexibility index (Phi) is 8.56. The fraction of sp³-hybridized carbons (Fsp3) is 0.167. The minimum Gasteiger partial charge on any atom is -0.326 e. The molecule has 36 heavy (non-hydrogen) atoms. The van der Waals surface area contributed by atoms with Gasteiger partial charge in [0.2, 0.25) is 16.9 Å². The number of sulfonamides is 1. The predicted molar refractivity (Wildman–Crippen MR) is 142 cm³/mol. The van der Waals surface area contributed by atoms with Crippen molar-refractivity contribution in [2.45, 2.75) is 32.6 Å². The van der Waals surface area contributed by atoms with E-state index >= 15 is 0 Å². The zero-order valence-electron chi connectivity index (χ0n) is 20.1. The highest BCUT2D eigenvalue weighted by atomic mass is 32.2. The van der Waals surface area contributed by atoms with Gasteiger partial charge in [-0.1, -0.05) is 47.2 Å². The minimum atomic E-state index is -3.91. The number of aryl methyl sites for hydroxylation is 2. The van der Waals surface area contributed by atoms with Crippen molar-refractivity contribution in [1.82, 2.24) is 15.2 Å². The molecule has 1 heterocycles. The summed E-state index contributed by atoms with van der Waals surface area (Å²) in [4.78, 5) is 29.8. The van der Waals surface area contributed by atoms with E-state index in [0.717, 1.165) is 11.1 Å². The molecule has 0 radical (unpaired) electrons. The molecule has 0 aliphatic carbocycles.